The minimum absolute atomic E-state index is 0.00186. The molecule has 0 radical (unpaired) electrons. The zero-order valence-electron chi connectivity index (χ0n) is 13.7. The van der Waals surface area contributed by atoms with Gasteiger partial charge in [-0.1, -0.05) is 6.42 Å². The van der Waals surface area contributed by atoms with E-state index in [0.717, 1.165) is 52.2 Å². The quantitative estimate of drug-likeness (QED) is 0.825. The van der Waals surface area contributed by atoms with E-state index in [2.05, 4.69) is 14.9 Å². The van der Waals surface area contributed by atoms with Crippen molar-refractivity contribution in [3.8, 4) is 0 Å². The second-order valence-corrected chi connectivity index (χ2v) is 6.34. The second-order valence-electron chi connectivity index (χ2n) is 6.34. The van der Waals surface area contributed by atoms with Crippen molar-refractivity contribution in [3.63, 3.8) is 0 Å². The van der Waals surface area contributed by atoms with Gasteiger partial charge in [0.05, 0.1) is 6.20 Å². The van der Waals surface area contributed by atoms with Crippen molar-refractivity contribution in [2.45, 2.75) is 38.1 Å². The first kappa shape index (κ1) is 16.3. The molecule has 0 N–H and O–H groups in total. The molecule has 3 heterocycles. The Morgan fingerprint density at radius 2 is 2.00 bits per heavy atom. The van der Waals surface area contributed by atoms with Crippen molar-refractivity contribution in [1.29, 1.82) is 0 Å². The molecule has 2 saturated heterocycles. The molecule has 0 spiro atoms. The van der Waals surface area contributed by atoms with E-state index in [0.29, 0.717) is 5.69 Å². The highest BCUT2D eigenvalue weighted by Crippen LogP contribution is 2.17. The normalized spacial score (nSPS) is 20.3. The fourth-order valence-electron chi connectivity index (χ4n) is 3.44. The summed E-state index contributed by atoms with van der Waals surface area (Å²) >= 11 is 0. The first-order valence-electron chi connectivity index (χ1n) is 8.71. The second kappa shape index (κ2) is 8.36. The van der Waals surface area contributed by atoms with Crippen LogP contribution in [0.15, 0.2) is 18.6 Å². The first-order valence-corrected chi connectivity index (χ1v) is 8.71. The maximum absolute atomic E-state index is 12.9. The van der Waals surface area contributed by atoms with E-state index in [-0.39, 0.29) is 11.9 Å². The van der Waals surface area contributed by atoms with Crippen LogP contribution in [-0.2, 0) is 4.74 Å². The fraction of sp³-hybridized carbons (Fsp3) is 0.706. The zero-order valence-corrected chi connectivity index (χ0v) is 13.7. The molecule has 0 aliphatic carbocycles. The Hall–Kier alpha value is -1.53. The number of hydrogen-bond donors (Lipinski definition) is 0. The van der Waals surface area contributed by atoms with Gasteiger partial charge in [-0.05, 0) is 38.8 Å². The Balaban J connectivity index is 1.66. The monoisotopic (exact) mass is 318 g/mol. The van der Waals surface area contributed by atoms with Crippen molar-refractivity contribution in [3.05, 3.63) is 24.3 Å². The Morgan fingerprint density at radius 1 is 1.22 bits per heavy atom. The van der Waals surface area contributed by atoms with Gasteiger partial charge in [-0.15, -0.1) is 0 Å². The van der Waals surface area contributed by atoms with Gasteiger partial charge in [0.25, 0.3) is 5.91 Å². The lowest BCUT2D eigenvalue weighted by Gasteiger charge is -2.36. The van der Waals surface area contributed by atoms with Crippen LogP contribution >= 0.6 is 0 Å². The number of rotatable bonds is 5. The van der Waals surface area contributed by atoms with Gasteiger partial charge < -0.3 is 14.5 Å². The number of piperidine rings is 1. The van der Waals surface area contributed by atoms with Crippen molar-refractivity contribution in [2.75, 3.05) is 39.4 Å². The molecule has 23 heavy (non-hydrogen) atoms. The van der Waals surface area contributed by atoms with Gasteiger partial charge in [-0.3, -0.25) is 9.78 Å². The summed E-state index contributed by atoms with van der Waals surface area (Å²) < 4.78 is 5.45. The highest BCUT2D eigenvalue weighted by molar-refractivity contribution is 5.92. The summed E-state index contributed by atoms with van der Waals surface area (Å²) in [7, 11) is 0. The summed E-state index contributed by atoms with van der Waals surface area (Å²) in [4.78, 5) is 25.6. The molecule has 1 aromatic heterocycles. The van der Waals surface area contributed by atoms with Crippen LogP contribution in [0.25, 0.3) is 0 Å². The third kappa shape index (κ3) is 4.48. The smallest absolute Gasteiger partial charge is 0.274 e. The summed E-state index contributed by atoms with van der Waals surface area (Å²) in [5.41, 5.74) is 0.442. The average molecular weight is 318 g/mol. The first-order chi connectivity index (χ1) is 11.3. The van der Waals surface area contributed by atoms with Crippen molar-refractivity contribution in [2.24, 2.45) is 0 Å². The van der Waals surface area contributed by atoms with E-state index in [9.17, 15) is 4.79 Å². The number of aromatic nitrogens is 2. The van der Waals surface area contributed by atoms with Crippen molar-refractivity contribution in [1.82, 2.24) is 19.8 Å². The van der Waals surface area contributed by atoms with Crippen LogP contribution in [0.1, 0.15) is 42.6 Å². The van der Waals surface area contributed by atoms with E-state index >= 15 is 0 Å². The summed E-state index contributed by atoms with van der Waals surface area (Å²) in [5.74, 6) is 0.00186. The lowest BCUT2D eigenvalue weighted by molar-refractivity contribution is 0.0255. The molecule has 0 atom stereocenters. The average Bonchev–Trinajstić information content (AvgIpc) is 2.64. The maximum Gasteiger partial charge on any atom is 0.274 e. The van der Waals surface area contributed by atoms with Gasteiger partial charge in [-0.2, -0.15) is 0 Å². The van der Waals surface area contributed by atoms with Crippen LogP contribution in [0, 0.1) is 0 Å². The van der Waals surface area contributed by atoms with Gasteiger partial charge in [0.2, 0.25) is 0 Å². The lowest BCUT2D eigenvalue weighted by atomic mass is 10.1. The molecule has 6 nitrogen and oxygen atoms in total. The van der Waals surface area contributed by atoms with Crippen molar-refractivity contribution < 1.29 is 9.53 Å². The highest BCUT2D eigenvalue weighted by Gasteiger charge is 2.27. The van der Waals surface area contributed by atoms with Gasteiger partial charge in [0.15, 0.2) is 0 Å². The Kier molecular flexibility index (Phi) is 5.93. The lowest BCUT2D eigenvalue weighted by Crippen LogP contribution is -2.47. The SMILES string of the molecule is O=C(c1cnccn1)N(CCN1CCCCC1)C1CCOCC1. The number of likely N-dealkylation sites (tertiary alicyclic amines) is 1. The molecular formula is C17H26N4O2. The van der Waals surface area contributed by atoms with Crippen molar-refractivity contribution >= 4 is 5.91 Å². The third-order valence-corrected chi connectivity index (χ3v) is 4.78. The van der Waals surface area contributed by atoms with E-state index in [1.54, 1.807) is 18.6 Å². The summed E-state index contributed by atoms with van der Waals surface area (Å²) in [6, 6.07) is 0.253. The topological polar surface area (TPSA) is 58.6 Å². The molecule has 0 aromatic carbocycles. The van der Waals surface area contributed by atoms with Crippen LogP contribution in [0.3, 0.4) is 0 Å². The number of amides is 1. The Morgan fingerprint density at radius 3 is 2.70 bits per heavy atom. The fourth-order valence-corrected chi connectivity index (χ4v) is 3.44. The number of carbonyl (C=O) groups excluding carboxylic acids is 1. The predicted molar refractivity (Wildman–Crippen MR) is 87.2 cm³/mol. The van der Waals surface area contributed by atoms with E-state index in [1.807, 2.05) is 4.90 Å². The standard InChI is InChI=1S/C17H26N4O2/c22-17(16-14-18-6-7-19-16)21(15-4-12-23-13-5-15)11-10-20-8-2-1-3-9-20/h6-7,14-15H,1-5,8-13H2. The summed E-state index contributed by atoms with van der Waals surface area (Å²) in [6.07, 6.45) is 10.4. The van der Waals surface area contributed by atoms with Crippen LogP contribution in [0.2, 0.25) is 0 Å². The molecule has 2 aliphatic heterocycles. The number of ether oxygens (including phenoxy) is 1. The number of hydrogen-bond acceptors (Lipinski definition) is 5. The minimum Gasteiger partial charge on any atom is -0.381 e. The van der Waals surface area contributed by atoms with E-state index in [1.165, 1.54) is 19.3 Å². The molecule has 126 valence electrons. The van der Waals surface area contributed by atoms with Gasteiger partial charge >= 0.3 is 0 Å². The molecular weight excluding hydrogens is 292 g/mol. The zero-order chi connectivity index (χ0) is 15.9. The van der Waals surface area contributed by atoms with Gasteiger partial charge in [0.1, 0.15) is 5.69 Å². The molecule has 0 unspecified atom stereocenters. The van der Waals surface area contributed by atoms with E-state index in [4.69, 9.17) is 4.74 Å². The van der Waals surface area contributed by atoms with E-state index < -0.39 is 0 Å². The largest absolute Gasteiger partial charge is 0.381 e. The molecule has 2 aliphatic rings. The maximum atomic E-state index is 12.9. The number of nitrogens with zero attached hydrogens (tertiary/aromatic N) is 4. The Labute approximate surface area is 137 Å². The molecule has 0 saturated carbocycles. The third-order valence-electron chi connectivity index (χ3n) is 4.78. The number of carbonyl (C=O) groups is 1. The van der Waals surface area contributed by atoms with Gasteiger partial charge in [0, 0.05) is 44.7 Å². The molecule has 0 bridgehead atoms. The molecule has 1 amide bonds. The van der Waals surface area contributed by atoms with Crippen LogP contribution in [0.4, 0.5) is 0 Å². The van der Waals surface area contributed by atoms with Crippen LogP contribution in [0.5, 0.6) is 0 Å². The van der Waals surface area contributed by atoms with Crippen LogP contribution in [-0.4, -0.2) is 71.1 Å². The molecule has 6 heteroatoms. The Bertz CT molecular complexity index is 485. The summed E-state index contributed by atoms with van der Waals surface area (Å²) in [6.45, 7) is 5.49. The molecule has 1 aromatic rings. The summed E-state index contributed by atoms with van der Waals surface area (Å²) in [5, 5.41) is 0. The predicted octanol–water partition coefficient (Wildman–Crippen LogP) is 1.58. The van der Waals surface area contributed by atoms with Crippen LogP contribution < -0.4 is 0 Å². The minimum atomic E-state index is 0.00186. The highest BCUT2D eigenvalue weighted by atomic mass is 16.5. The van der Waals surface area contributed by atoms with Gasteiger partial charge in [-0.25, -0.2) is 4.98 Å². The molecule has 3 rings (SSSR count). The molecule has 2 fully saturated rings.